The molecule has 2 aromatic rings. The van der Waals surface area contributed by atoms with Crippen LogP contribution in [0.3, 0.4) is 0 Å². The number of piperidine rings is 1. The van der Waals surface area contributed by atoms with Gasteiger partial charge in [0.15, 0.2) is 0 Å². The van der Waals surface area contributed by atoms with Gasteiger partial charge in [-0.1, -0.05) is 12.1 Å². The van der Waals surface area contributed by atoms with E-state index in [1.54, 1.807) is 0 Å². The van der Waals surface area contributed by atoms with Crippen molar-refractivity contribution in [3.63, 3.8) is 0 Å². The van der Waals surface area contributed by atoms with Crippen LogP contribution in [0.5, 0.6) is 0 Å². The Balaban J connectivity index is 1.32. The molecule has 8 heteroatoms. The molecular formula is C21H24F3N3OS. The molecule has 1 aromatic heterocycles. The van der Waals surface area contributed by atoms with Crippen LogP contribution in [0.15, 0.2) is 29.6 Å². The molecule has 2 aliphatic rings. The first-order valence-corrected chi connectivity index (χ1v) is 10.9. The normalized spacial score (nSPS) is 19.1. The summed E-state index contributed by atoms with van der Waals surface area (Å²) < 4.78 is 38.1. The Kier molecular flexibility index (Phi) is 5.92. The minimum Gasteiger partial charge on any atom is -0.342 e. The highest BCUT2D eigenvalue weighted by atomic mass is 32.1. The maximum Gasteiger partial charge on any atom is 0.416 e. The van der Waals surface area contributed by atoms with E-state index in [1.807, 2.05) is 10.3 Å². The molecule has 2 saturated heterocycles. The van der Waals surface area contributed by atoms with Crippen molar-refractivity contribution >= 4 is 17.2 Å². The summed E-state index contributed by atoms with van der Waals surface area (Å²) in [7, 11) is 0. The number of carbonyl (C=O) groups is 1. The lowest BCUT2D eigenvalue weighted by Crippen LogP contribution is -2.46. The van der Waals surface area contributed by atoms with Crippen molar-refractivity contribution in [3.8, 4) is 10.6 Å². The number of aromatic nitrogens is 1. The summed E-state index contributed by atoms with van der Waals surface area (Å²) in [6.07, 6.45) is 0.514. The van der Waals surface area contributed by atoms with Crippen LogP contribution in [-0.2, 0) is 17.4 Å². The van der Waals surface area contributed by atoms with E-state index in [0.717, 1.165) is 38.1 Å². The van der Waals surface area contributed by atoms with Crippen molar-refractivity contribution in [3.05, 3.63) is 40.9 Å². The van der Waals surface area contributed by atoms with Crippen LogP contribution in [0.25, 0.3) is 10.6 Å². The van der Waals surface area contributed by atoms with E-state index in [2.05, 4.69) is 9.88 Å². The van der Waals surface area contributed by atoms with E-state index < -0.39 is 11.7 Å². The van der Waals surface area contributed by atoms with Gasteiger partial charge in [0, 0.05) is 30.1 Å². The first kappa shape index (κ1) is 20.3. The van der Waals surface area contributed by atoms with E-state index in [4.69, 9.17) is 0 Å². The van der Waals surface area contributed by atoms with Gasteiger partial charge in [-0.05, 0) is 50.9 Å². The lowest BCUT2D eigenvalue weighted by molar-refractivity contribution is -0.137. The lowest BCUT2D eigenvalue weighted by atomic mass is 10.0. The Morgan fingerprint density at radius 2 is 1.72 bits per heavy atom. The zero-order valence-corrected chi connectivity index (χ0v) is 16.9. The monoisotopic (exact) mass is 423 g/mol. The molecule has 29 heavy (non-hydrogen) atoms. The van der Waals surface area contributed by atoms with Gasteiger partial charge in [0.25, 0.3) is 0 Å². The molecule has 1 aromatic carbocycles. The van der Waals surface area contributed by atoms with E-state index in [9.17, 15) is 18.0 Å². The maximum absolute atomic E-state index is 12.7. The highest BCUT2D eigenvalue weighted by molar-refractivity contribution is 7.13. The molecule has 0 atom stereocenters. The molecule has 0 radical (unpaired) electrons. The van der Waals surface area contributed by atoms with Gasteiger partial charge in [0.1, 0.15) is 5.01 Å². The summed E-state index contributed by atoms with van der Waals surface area (Å²) >= 11 is 1.35. The second-order valence-corrected chi connectivity index (χ2v) is 8.61. The van der Waals surface area contributed by atoms with Crippen molar-refractivity contribution in [2.24, 2.45) is 0 Å². The quantitative estimate of drug-likeness (QED) is 0.729. The Morgan fingerprint density at radius 3 is 2.34 bits per heavy atom. The zero-order valence-electron chi connectivity index (χ0n) is 16.1. The molecule has 3 heterocycles. The van der Waals surface area contributed by atoms with Crippen LogP contribution >= 0.6 is 11.3 Å². The first-order chi connectivity index (χ1) is 13.9. The third-order valence-corrected chi connectivity index (χ3v) is 6.76. The van der Waals surface area contributed by atoms with E-state index >= 15 is 0 Å². The molecule has 0 saturated carbocycles. The number of hydrogen-bond donors (Lipinski definition) is 0. The predicted octanol–water partition coefficient (Wildman–Crippen LogP) is 4.46. The van der Waals surface area contributed by atoms with E-state index in [0.29, 0.717) is 22.3 Å². The smallest absolute Gasteiger partial charge is 0.342 e. The standard InChI is InChI=1S/C21H24F3N3OS/c22-21(23,24)16-5-3-15(4-6-16)20-25-17(14-29-20)13-19(28)27-11-7-18(8-12-27)26-9-1-2-10-26/h3-6,14,18H,1-2,7-13H2. The molecule has 0 aliphatic carbocycles. The molecule has 0 spiro atoms. The highest BCUT2D eigenvalue weighted by Gasteiger charge is 2.30. The Labute approximate surface area is 172 Å². The fraction of sp³-hybridized carbons (Fsp3) is 0.524. The van der Waals surface area contributed by atoms with Crippen LogP contribution in [0.1, 0.15) is 36.9 Å². The molecule has 0 unspecified atom stereocenters. The van der Waals surface area contributed by atoms with Gasteiger partial charge >= 0.3 is 6.18 Å². The molecule has 2 aliphatic heterocycles. The Morgan fingerprint density at radius 1 is 1.07 bits per heavy atom. The Hall–Kier alpha value is -1.93. The van der Waals surface area contributed by atoms with Crippen molar-refractivity contribution in [1.82, 2.24) is 14.8 Å². The van der Waals surface area contributed by atoms with Crippen molar-refractivity contribution in [2.45, 2.75) is 44.3 Å². The number of thiazole rings is 1. The molecule has 1 amide bonds. The number of hydrogen-bond acceptors (Lipinski definition) is 4. The number of benzene rings is 1. The fourth-order valence-electron chi connectivity index (χ4n) is 4.18. The third-order valence-electron chi connectivity index (χ3n) is 5.82. The summed E-state index contributed by atoms with van der Waals surface area (Å²) in [4.78, 5) is 21.6. The predicted molar refractivity (Wildman–Crippen MR) is 107 cm³/mol. The largest absolute Gasteiger partial charge is 0.416 e. The SMILES string of the molecule is O=C(Cc1csc(-c2ccc(C(F)(F)F)cc2)n1)N1CCC(N2CCCC2)CC1. The first-order valence-electron chi connectivity index (χ1n) is 10.0. The minimum absolute atomic E-state index is 0.0779. The number of likely N-dealkylation sites (tertiary alicyclic amines) is 2. The Bertz CT molecular complexity index is 836. The van der Waals surface area contributed by atoms with Crippen LogP contribution < -0.4 is 0 Å². The topological polar surface area (TPSA) is 36.4 Å². The number of rotatable bonds is 4. The number of amides is 1. The zero-order chi connectivity index (χ0) is 20.4. The van der Waals surface area contributed by atoms with Gasteiger partial charge < -0.3 is 9.80 Å². The summed E-state index contributed by atoms with van der Waals surface area (Å²) in [5.41, 5.74) is 0.634. The summed E-state index contributed by atoms with van der Waals surface area (Å²) in [6.45, 7) is 3.94. The third kappa shape index (κ3) is 4.80. The average Bonchev–Trinajstić information content (AvgIpc) is 3.40. The van der Waals surface area contributed by atoms with Gasteiger partial charge in [0.2, 0.25) is 5.91 Å². The van der Waals surface area contributed by atoms with Crippen LogP contribution in [0.2, 0.25) is 0 Å². The molecule has 4 nitrogen and oxygen atoms in total. The maximum atomic E-state index is 12.7. The van der Waals surface area contributed by atoms with E-state index in [-0.39, 0.29) is 12.3 Å². The van der Waals surface area contributed by atoms with Gasteiger partial charge in [-0.25, -0.2) is 4.98 Å². The van der Waals surface area contributed by atoms with Crippen molar-refractivity contribution < 1.29 is 18.0 Å². The summed E-state index contributed by atoms with van der Waals surface area (Å²) in [5, 5.41) is 2.45. The number of carbonyl (C=O) groups excluding carboxylic acids is 1. The lowest BCUT2D eigenvalue weighted by Gasteiger charge is -2.36. The second-order valence-electron chi connectivity index (χ2n) is 7.75. The van der Waals surface area contributed by atoms with Crippen LogP contribution in [0, 0.1) is 0 Å². The fourth-order valence-corrected chi connectivity index (χ4v) is 5.00. The van der Waals surface area contributed by atoms with Crippen molar-refractivity contribution in [2.75, 3.05) is 26.2 Å². The van der Waals surface area contributed by atoms with E-state index in [1.165, 1.54) is 49.4 Å². The van der Waals surface area contributed by atoms with Gasteiger partial charge in [-0.3, -0.25) is 4.79 Å². The minimum atomic E-state index is -4.35. The molecule has 2 fully saturated rings. The van der Waals surface area contributed by atoms with Gasteiger partial charge in [-0.2, -0.15) is 13.2 Å². The van der Waals surface area contributed by atoms with Crippen LogP contribution in [0.4, 0.5) is 13.2 Å². The van der Waals surface area contributed by atoms with Crippen LogP contribution in [-0.4, -0.2) is 52.9 Å². The molecule has 0 bridgehead atoms. The van der Waals surface area contributed by atoms with Crippen molar-refractivity contribution in [1.29, 1.82) is 0 Å². The second kappa shape index (κ2) is 8.44. The number of nitrogens with zero attached hydrogens (tertiary/aromatic N) is 3. The number of alkyl halides is 3. The average molecular weight is 424 g/mol. The summed E-state index contributed by atoms with van der Waals surface area (Å²) in [5.74, 6) is 0.0779. The highest BCUT2D eigenvalue weighted by Crippen LogP contribution is 2.32. The molecule has 156 valence electrons. The summed E-state index contributed by atoms with van der Waals surface area (Å²) in [6, 6.07) is 5.58. The van der Waals surface area contributed by atoms with Gasteiger partial charge in [-0.15, -0.1) is 11.3 Å². The van der Waals surface area contributed by atoms with Gasteiger partial charge in [0.05, 0.1) is 17.7 Å². The molecular weight excluding hydrogens is 399 g/mol. The molecule has 0 N–H and O–H groups in total. The number of halogens is 3. The molecule has 4 rings (SSSR count).